The molecule has 12 heteroatoms. The Morgan fingerprint density at radius 3 is 2.18 bits per heavy atom. The summed E-state index contributed by atoms with van der Waals surface area (Å²) in [6, 6.07) is 11.8. The van der Waals surface area contributed by atoms with Gasteiger partial charge in [0.05, 0.1) is 23.9 Å². The summed E-state index contributed by atoms with van der Waals surface area (Å²) < 4.78 is 102. The fourth-order valence-corrected chi connectivity index (χ4v) is 4.34. The number of furan rings is 1. The molecule has 0 N–H and O–H groups in total. The molecule has 39 heavy (non-hydrogen) atoms. The van der Waals surface area contributed by atoms with Gasteiger partial charge < -0.3 is 14.2 Å². The van der Waals surface area contributed by atoms with Gasteiger partial charge in [0.2, 0.25) is 11.6 Å². The number of hydrogen-bond donors (Lipinski definition) is 0. The highest BCUT2D eigenvalue weighted by Crippen LogP contribution is 2.44. The smallest absolute Gasteiger partial charge is 0.416 e. The number of halogens is 7. The number of benzene rings is 2. The van der Waals surface area contributed by atoms with Crippen LogP contribution in [-0.2, 0) is 29.5 Å². The number of rotatable bonds is 5. The van der Waals surface area contributed by atoms with Gasteiger partial charge in [-0.3, -0.25) is 4.98 Å². The van der Waals surface area contributed by atoms with Gasteiger partial charge in [0.15, 0.2) is 5.76 Å². The van der Waals surface area contributed by atoms with E-state index in [2.05, 4.69) is 10.1 Å². The minimum Gasteiger partial charge on any atom is -0.461 e. The molecule has 1 aliphatic rings. The van der Waals surface area contributed by atoms with Gasteiger partial charge in [-0.15, -0.1) is 0 Å². The maximum absolute atomic E-state index is 14.7. The van der Waals surface area contributed by atoms with Crippen molar-refractivity contribution < 1.29 is 40.0 Å². The first-order chi connectivity index (χ1) is 18.4. The Kier molecular flexibility index (Phi) is 6.36. The molecule has 4 aromatic rings. The van der Waals surface area contributed by atoms with Gasteiger partial charge in [-0.25, -0.2) is 4.39 Å². The molecule has 1 atom stereocenters. The minimum absolute atomic E-state index is 0.0109. The van der Waals surface area contributed by atoms with Crippen LogP contribution < -0.4 is 0 Å². The van der Waals surface area contributed by atoms with Gasteiger partial charge in [-0.1, -0.05) is 23.4 Å². The van der Waals surface area contributed by atoms with Crippen LogP contribution in [0, 0.1) is 5.82 Å². The van der Waals surface area contributed by atoms with E-state index in [1.807, 2.05) is 0 Å². The molecule has 3 heterocycles. The van der Waals surface area contributed by atoms with Crippen LogP contribution in [0.1, 0.15) is 34.9 Å². The normalized spacial score (nSPS) is 17.7. The summed E-state index contributed by atoms with van der Waals surface area (Å²) in [5.41, 5.74) is -4.37. The zero-order valence-electron chi connectivity index (χ0n) is 20.0. The van der Waals surface area contributed by atoms with Crippen LogP contribution in [0.15, 0.2) is 88.9 Å². The zero-order chi connectivity index (χ0) is 28.0. The van der Waals surface area contributed by atoms with Crippen LogP contribution in [0.4, 0.5) is 30.7 Å². The highest BCUT2D eigenvalue weighted by molar-refractivity contribution is 5.97. The Morgan fingerprint density at radius 1 is 0.872 bits per heavy atom. The first kappa shape index (κ1) is 26.3. The Morgan fingerprint density at radius 2 is 1.56 bits per heavy atom. The van der Waals surface area contributed by atoms with E-state index in [1.165, 1.54) is 60.8 Å². The zero-order valence-corrected chi connectivity index (χ0v) is 20.0. The lowest BCUT2D eigenvalue weighted by Crippen LogP contribution is -2.44. The SMILES string of the molecule is CC1(c2cc(C(F)(F)F)cc(C(F)(F)F)c2)ON=C(c2ccco2)N1Cc1cnccc1-c1ccccc1F. The summed E-state index contributed by atoms with van der Waals surface area (Å²) in [6.45, 7) is 1.10. The second kappa shape index (κ2) is 9.44. The highest BCUT2D eigenvalue weighted by atomic mass is 19.4. The van der Waals surface area contributed by atoms with Crippen molar-refractivity contribution in [1.82, 2.24) is 9.88 Å². The molecule has 1 aliphatic heterocycles. The summed E-state index contributed by atoms with van der Waals surface area (Å²) in [6.07, 6.45) is -5.95. The van der Waals surface area contributed by atoms with Crippen LogP contribution in [0.3, 0.4) is 0 Å². The van der Waals surface area contributed by atoms with E-state index in [0.29, 0.717) is 23.3 Å². The van der Waals surface area contributed by atoms with E-state index in [-0.39, 0.29) is 29.8 Å². The number of amidine groups is 1. The fraction of sp³-hybridized carbons (Fsp3) is 0.185. The number of aromatic nitrogens is 1. The molecule has 0 fully saturated rings. The Labute approximate surface area is 217 Å². The second-order valence-electron chi connectivity index (χ2n) is 8.86. The second-order valence-corrected chi connectivity index (χ2v) is 8.86. The first-order valence-electron chi connectivity index (χ1n) is 11.4. The van der Waals surface area contributed by atoms with Gasteiger partial charge in [0.25, 0.3) is 0 Å². The van der Waals surface area contributed by atoms with Crippen molar-refractivity contribution in [3.8, 4) is 11.1 Å². The van der Waals surface area contributed by atoms with Crippen LogP contribution >= 0.6 is 0 Å². The molecule has 2 aromatic carbocycles. The van der Waals surface area contributed by atoms with Gasteiger partial charge in [-0.2, -0.15) is 26.3 Å². The first-order valence-corrected chi connectivity index (χ1v) is 11.4. The highest BCUT2D eigenvalue weighted by Gasteiger charge is 2.48. The van der Waals surface area contributed by atoms with Gasteiger partial charge in [-0.05, 0) is 53.6 Å². The predicted octanol–water partition coefficient (Wildman–Crippen LogP) is 7.59. The molecule has 5 rings (SSSR count). The standard InChI is InChI=1S/C27H18F7N3O2/c1-25(17-11-18(26(29,30)31)13-19(12-17)27(32,33)34)37(24(36-39-25)23-7-4-10-38-23)15-16-14-35-9-8-20(16)21-5-2-3-6-22(21)28/h2-14H,15H2,1H3. The molecule has 0 radical (unpaired) electrons. The predicted molar refractivity (Wildman–Crippen MR) is 125 cm³/mol. The van der Waals surface area contributed by atoms with Crippen molar-refractivity contribution in [2.75, 3.05) is 0 Å². The third kappa shape index (κ3) is 4.93. The van der Waals surface area contributed by atoms with E-state index in [9.17, 15) is 30.7 Å². The maximum atomic E-state index is 14.7. The van der Waals surface area contributed by atoms with Crippen molar-refractivity contribution in [3.63, 3.8) is 0 Å². The van der Waals surface area contributed by atoms with Gasteiger partial charge in [0, 0.05) is 30.4 Å². The van der Waals surface area contributed by atoms with E-state index >= 15 is 0 Å². The van der Waals surface area contributed by atoms with E-state index in [1.54, 1.807) is 12.1 Å². The topological polar surface area (TPSA) is 50.9 Å². The van der Waals surface area contributed by atoms with Gasteiger partial charge in [0.1, 0.15) is 5.82 Å². The number of pyridine rings is 1. The quantitative estimate of drug-likeness (QED) is 0.241. The molecule has 0 saturated carbocycles. The monoisotopic (exact) mass is 549 g/mol. The third-order valence-corrected chi connectivity index (χ3v) is 6.34. The van der Waals surface area contributed by atoms with E-state index in [4.69, 9.17) is 9.25 Å². The van der Waals surface area contributed by atoms with Crippen molar-refractivity contribution in [1.29, 1.82) is 0 Å². The minimum atomic E-state index is -5.07. The van der Waals surface area contributed by atoms with Crippen molar-refractivity contribution >= 4 is 5.84 Å². The largest absolute Gasteiger partial charge is 0.461 e. The van der Waals surface area contributed by atoms with Gasteiger partial charge >= 0.3 is 12.4 Å². The summed E-state index contributed by atoms with van der Waals surface area (Å²) in [4.78, 5) is 11.0. The summed E-state index contributed by atoms with van der Waals surface area (Å²) in [5.74, 6) is -0.368. The van der Waals surface area contributed by atoms with Crippen molar-refractivity contribution in [3.05, 3.63) is 113 Å². The molecule has 0 saturated heterocycles. The average Bonchev–Trinajstić information content (AvgIpc) is 3.53. The van der Waals surface area contributed by atoms with E-state index in [0.717, 1.165) is 0 Å². The van der Waals surface area contributed by atoms with E-state index < -0.39 is 40.6 Å². The Balaban J connectivity index is 1.66. The molecular formula is C27H18F7N3O2. The Bertz CT molecular complexity index is 1500. The molecule has 0 bridgehead atoms. The Hall–Kier alpha value is -4.35. The molecule has 202 valence electrons. The number of nitrogens with zero attached hydrogens (tertiary/aromatic N) is 3. The molecular weight excluding hydrogens is 531 g/mol. The summed E-state index contributed by atoms with van der Waals surface area (Å²) in [5, 5.41) is 3.98. The molecule has 1 unspecified atom stereocenters. The lowest BCUT2D eigenvalue weighted by molar-refractivity contribution is -0.144. The van der Waals surface area contributed by atoms with Crippen LogP contribution in [0.5, 0.6) is 0 Å². The lowest BCUT2D eigenvalue weighted by Gasteiger charge is -2.35. The summed E-state index contributed by atoms with van der Waals surface area (Å²) >= 11 is 0. The molecule has 2 aromatic heterocycles. The van der Waals surface area contributed by atoms with Crippen LogP contribution in [0.25, 0.3) is 11.1 Å². The number of oxime groups is 1. The van der Waals surface area contributed by atoms with Crippen LogP contribution in [0.2, 0.25) is 0 Å². The van der Waals surface area contributed by atoms with Crippen molar-refractivity contribution in [2.24, 2.45) is 5.16 Å². The summed E-state index contributed by atoms with van der Waals surface area (Å²) in [7, 11) is 0. The third-order valence-electron chi connectivity index (χ3n) is 6.34. The molecule has 0 amide bonds. The maximum Gasteiger partial charge on any atom is 0.416 e. The van der Waals surface area contributed by atoms with Crippen molar-refractivity contribution in [2.45, 2.75) is 31.5 Å². The average molecular weight is 549 g/mol. The molecule has 0 aliphatic carbocycles. The molecule has 0 spiro atoms. The fourth-order valence-electron chi connectivity index (χ4n) is 4.34. The van der Waals surface area contributed by atoms with Crippen LogP contribution in [-0.4, -0.2) is 15.7 Å². The molecule has 5 nitrogen and oxygen atoms in total. The number of hydrogen-bond acceptors (Lipinski definition) is 5. The number of alkyl halides is 6. The lowest BCUT2D eigenvalue weighted by atomic mass is 9.95.